The Morgan fingerprint density at radius 3 is 1.93 bits per heavy atom. The number of benzene rings is 2. The average molecular weight is 438 g/mol. The Bertz CT molecular complexity index is 938. The van der Waals surface area contributed by atoms with Crippen LogP contribution in [0.15, 0.2) is 48.5 Å². The summed E-state index contributed by atoms with van der Waals surface area (Å²) < 4.78 is 34.6. The predicted molar refractivity (Wildman–Crippen MR) is 114 cm³/mol. The van der Waals surface area contributed by atoms with Crippen molar-refractivity contribution in [1.82, 2.24) is 0 Å². The van der Waals surface area contributed by atoms with Gasteiger partial charge in [-0.3, -0.25) is 18.4 Å². The van der Waals surface area contributed by atoms with Gasteiger partial charge in [0.1, 0.15) is 6.04 Å². The molecule has 0 aromatic heterocycles. The normalized spacial score (nSPS) is 11.7. The van der Waals surface area contributed by atoms with Gasteiger partial charge in [-0.25, -0.2) is 4.79 Å². The SMILES string of the molecule is COC(=O)C(C)N(C(=O)Cc1ccccc1)c1c(C)cccc1C.COS(=O)(=O)O. The minimum absolute atomic E-state index is 0.128. The van der Waals surface area contributed by atoms with Gasteiger partial charge in [0.15, 0.2) is 0 Å². The number of amides is 1. The van der Waals surface area contributed by atoms with Crippen molar-refractivity contribution in [3.05, 3.63) is 65.2 Å². The van der Waals surface area contributed by atoms with Crippen LogP contribution in [0.1, 0.15) is 23.6 Å². The van der Waals surface area contributed by atoms with Crippen molar-refractivity contribution in [1.29, 1.82) is 0 Å². The Hall–Kier alpha value is -2.75. The molecule has 0 radical (unpaired) electrons. The van der Waals surface area contributed by atoms with Crippen molar-refractivity contribution in [2.75, 3.05) is 19.1 Å². The summed E-state index contributed by atoms with van der Waals surface area (Å²) in [5.74, 6) is -0.560. The fourth-order valence-electron chi connectivity index (χ4n) is 2.85. The number of nitrogens with zero attached hydrogens (tertiary/aromatic N) is 1. The van der Waals surface area contributed by atoms with Gasteiger partial charge in [0.2, 0.25) is 5.91 Å². The number of carbonyl (C=O) groups is 2. The zero-order chi connectivity index (χ0) is 22.9. The Morgan fingerprint density at radius 2 is 1.50 bits per heavy atom. The molecule has 1 unspecified atom stereocenters. The van der Waals surface area contributed by atoms with Crippen LogP contribution >= 0.6 is 0 Å². The van der Waals surface area contributed by atoms with Crippen molar-refractivity contribution in [3.8, 4) is 0 Å². The summed E-state index contributed by atoms with van der Waals surface area (Å²) in [5.41, 5.74) is 3.59. The fourth-order valence-corrected chi connectivity index (χ4v) is 2.85. The highest BCUT2D eigenvalue weighted by atomic mass is 32.3. The molecule has 1 amide bonds. The van der Waals surface area contributed by atoms with Crippen LogP contribution in [0.25, 0.3) is 0 Å². The number of rotatable bonds is 6. The molecule has 2 aromatic carbocycles. The van der Waals surface area contributed by atoms with E-state index in [0.717, 1.165) is 29.5 Å². The van der Waals surface area contributed by atoms with Crippen LogP contribution in [0.3, 0.4) is 0 Å². The van der Waals surface area contributed by atoms with Crippen molar-refractivity contribution < 1.29 is 31.5 Å². The molecule has 0 heterocycles. The molecule has 1 N–H and O–H groups in total. The van der Waals surface area contributed by atoms with Gasteiger partial charge in [-0.1, -0.05) is 48.5 Å². The van der Waals surface area contributed by atoms with Crippen molar-refractivity contribution in [3.63, 3.8) is 0 Å². The molecule has 0 aliphatic carbocycles. The largest absolute Gasteiger partial charge is 0.467 e. The number of hydrogen-bond acceptors (Lipinski definition) is 6. The van der Waals surface area contributed by atoms with E-state index in [2.05, 4.69) is 4.18 Å². The van der Waals surface area contributed by atoms with E-state index in [-0.39, 0.29) is 12.3 Å². The van der Waals surface area contributed by atoms with Crippen molar-refractivity contribution in [2.24, 2.45) is 0 Å². The molecule has 9 heteroatoms. The summed E-state index contributed by atoms with van der Waals surface area (Å²) in [7, 11) is -1.95. The number of aryl methyl sites for hydroxylation is 2. The summed E-state index contributed by atoms with van der Waals surface area (Å²) in [4.78, 5) is 26.6. The molecule has 2 rings (SSSR count). The van der Waals surface area contributed by atoms with Gasteiger partial charge >= 0.3 is 16.4 Å². The Balaban J connectivity index is 0.000000656. The van der Waals surface area contributed by atoms with Gasteiger partial charge < -0.3 is 4.74 Å². The molecule has 2 aromatic rings. The third-order valence-electron chi connectivity index (χ3n) is 4.29. The van der Waals surface area contributed by atoms with Crippen molar-refractivity contribution in [2.45, 2.75) is 33.2 Å². The van der Waals surface area contributed by atoms with Gasteiger partial charge in [-0.15, -0.1) is 0 Å². The number of esters is 1. The standard InChI is InChI=1S/C20H23NO3.CH4O4S/c1-14-9-8-10-15(2)19(14)21(16(3)20(23)24-4)18(22)13-17-11-6-5-7-12-17;1-5-6(2,3)4/h5-12,16H,13H2,1-4H3;1H3,(H,2,3,4). The fraction of sp³-hybridized carbons (Fsp3) is 0.333. The molecular formula is C21H27NO7S. The first-order valence-electron chi connectivity index (χ1n) is 9.04. The molecule has 0 saturated carbocycles. The Kier molecular flexibility index (Phi) is 9.64. The van der Waals surface area contributed by atoms with Gasteiger partial charge in [0.25, 0.3) is 0 Å². The van der Waals surface area contributed by atoms with Crippen LogP contribution in [0.5, 0.6) is 0 Å². The van der Waals surface area contributed by atoms with Crippen LogP contribution in [-0.4, -0.2) is 45.1 Å². The average Bonchev–Trinajstić information content (AvgIpc) is 2.70. The lowest BCUT2D eigenvalue weighted by Crippen LogP contribution is -2.45. The number of ether oxygens (including phenoxy) is 1. The van der Waals surface area contributed by atoms with E-state index in [1.165, 1.54) is 7.11 Å². The molecule has 8 nitrogen and oxygen atoms in total. The first-order valence-corrected chi connectivity index (χ1v) is 10.4. The van der Waals surface area contributed by atoms with Gasteiger partial charge in [0.05, 0.1) is 26.3 Å². The molecule has 164 valence electrons. The highest BCUT2D eigenvalue weighted by Gasteiger charge is 2.30. The topological polar surface area (TPSA) is 110 Å². The molecule has 0 bridgehead atoms. The van der Waals surface area contributed by atoms with E-state index in [9.17, 15) is 18.0 Å². The molecular weight excluding hydrogens is 410 g/mol. The zero-order valence-electron chi connectivity index (χ0n) is 17.7. The summed E-state index contributed by atoms with van der Waals surface area (Å²) in [6, 6.07) is 14.7. The van der Waals surface area contributed by atoms with E-state index in [1.54, 1.807) is 11.8 Å². The third kappa shape index (κ3) is 7.58. The Labute approximate surface area is 177 Å². The smallest absolute Gasteiger partial charge is 0.397 e. The summed E-state index contributed by atoms with van der Waals surface area (Å²) in [6.07, 6.45) is 0.232. The number of para-hydroxylation sites is 1. The third-order valence-corrected chi connectivity index (χ3v) is 4.71. The summed E-state index contributed by atoms with van der Waals surface area (Å²) in [5, 5.41) is 0. The number of carbonyl (C=O) groups excluding carboxylic acids is 2. The minimum Gasteiger partial charge on any atom is -0.467 e. The maximum absolute atomic E-state index is 13.0. The minimum atomic E-state index is -4.16. The Morgan fingerprint density at radius 1 is 1.00 bits per heavy atom. The van der Waals surface area contributed by atoms with Crippen molar-refractivity contribution >= 4 is 28.0 Å². The predicted octanol–water partition coefficient (Wildman–Crippen LogP) is 2.88. The van der Waals surface area contributed by atoms with Gasteiger partial charge in [-0.05, 0) is 37.5 Å². The maximum atomic E-state index is 13.0. The number of anilines is 1. The molecule has 30 heavy (non-hydrogen) atoms. The summed E-state index contributed by atoms with van der Waals surface area (Å²) in [6.45, 7) is 5.57. The van der Waals surface area contributed by atoms with E-state index >= 15 is 0 Å². The second-order valence-corrected chi connectivity index (χ2v) is 7.65. The van der Waals surface area contributed by atoms with E-state index in [1.807, 2.05) is 62.4 Å². The first-order chi connectivity index (χ1) is 14.0. The summed E-state index contributed by atoms with van der Waals surface area (Å²) >= 11 is 0. The highest BCUT2D eigenvalue weighted by molar-refractivity contribution is 7.80. The van der Waals surface area contributed by atoms with E-state index in [4.69, 9.17) is 9.29 Å². The molecule has 0 aliphatic heterocycles. The molecule has 0 saturated heterocycles. The molecule has 1 atom stereocenters. The van der Waals surface area contributed by atoms with Gasteiger partial charge in [-0.2, -0.15) is 8.42 Å². The monoisotopic (exact) mass is 437 g/mol. The van der Waals surface area contributed by atoms with Crippen LogP contribution in [0, 0.1) is 13.8 Å². The van der Waals surface area contributed by atoms with E-state index < -0.39 is 22.4 Å². The number of hydrogen-bond donors (Lipinski definition) is 1. The second-order valence-electron chi connectivity index (χ2n) is 6.46. The highest BCUT2D eigenvalue weighted by Crippen LogP contribution is 2.27. The van der Waals surface area contributed by atoms with Gasteiger partial charge in [0, 0.05) is 0 Å². The quantitative estimate of drug-likeness (QED) is 0.546. The van der Waals surface area contributed by atoms with Crippen LogP contribution in [-0.2, 0) is 35.3 Å². The lowest BCUT2D eigenvalue weighted by molar-refractivity contribution is -0.143. The van der Waals surface area contributed by atoms with Crippen LogP contribution in [0.2, 0.25) is 0 Å². The molecule has 0 spiro atoms. The lowest BCUT2D eigenvalue weighted by Gasteiger charge is -2.30. The first kappa shape index (κ1) is 25.3. The lowest BCUT2D eigenvalue weighted by atomic mass is 10.0. The molecule has 0 fully saturated rings. The molecule has 0 aliphatic rings. The zero-order valence-corrected chi connectivity index (χ0v) is 18.5. The van der Waals surface area contributed by atoms with Crippen LogP contribution in [0.4, 0.5) is 5.69 Å². The maximum Gasteiger partial charge on any atom is 0.397 e. The van der Waals surface area contributed by atoms with Crippen LogP contribution < -0.4 is 4.90 Å². The second kappa shape index (κ2) is 11.4. The number of methoxy groups -OCH3 is 1. The van der Waals surface area contributed by atoms with E-state index in [0.29, 0.717) is 0 Å².